The first kappa shape index (κ1) is 22.3. The van der Waals surface area contributed by atoms with E-state index < -0.39 is 17.1 Å². The van der Waals surface area contributed by atoms with Crippen molar-refractivity contribution in [1.29, 1.82) is 0 Å². The summed E-state index contributed by atoms with van der Waals surface area (Å²) in [7, 11) is 2.13. The van der Waals surface area contributed by atoms with E-state index in [1.54, 1.807) is 29.1 Å². The van der Waals surface area contributed by atoms with Crippen LogP contribution in [-0.2, 0) is 0 Å². The first-order valence-electron chi connectivity index (χ1n) is 11.7. The van der Waals surface area contributed by atoms with Crippen LogP contribution < -0.4 is 10.7 Å². The summed E-state index contributed by atoms with van der Waals surface area (Å²) in [6.45, 7) is 2.11. The first-order valence-corrected chi connectivity index (χ1v) is 11.7. The second-order valence-corrected chi connectivity index (χ2v) is 9.14. The highest BCUT2D eigenvalue weighted by Gasteiger charge is 2.20. The van der Waals surface area contributed by atoms with Gasteiger partial charge in [0.1, 0.15) is 17.2 Å². The fraction of sp³-hybridized carbons (Fsp3) is 0.231. The van der Waals surface area contributed by atoms with E-state index in [1.165, 1.54) is 6.07 Å². The zero-order valence-electron chi connectivity index (χ0n) is 19.5. The number of imidazole rings is 1. The second kappa shape index (κ2) is 8.80. The number of pyridine rings is 2. The zero-order valence-corrected chi connectivity index (χ0v) is 19.5. The highest BCUT2D eigenvalue weighted by Crippen LogP contribution is 2.29. The van der Waals surface area contributed by atoms with Crippen molar-refractivity contribution in [2.75, 3.05) is 25.5 Å². The number of halogens is 2. The molecule has 1 aliphatic heterocycles. The summed E-state index contributed by atoms with van der Waals surface area (Å²) >= 11 is 0. The van der Waals surface area contributed by atoms with E-state index in [0.29, 0.717) is 22.8 Å². The van der Waals surface area contributed by atoms with Gasteiger partial charge in [-0.1, -0.05) is 0 Å². The van der Waals surface area contributed by atoms with Crippen LogP contribution in [0.4, 0.5) is 20.4 Å². The van der Waals surface area contributed by atoms with Gasteiger partial charge in [0.05, 0.1) is 29.0 Å². The maximum atomic E-state index is 15.0. The fourth-order valence-electron chi connectivity index (χ4n) is 4.81. The SMILES string of the molecule is CN1CCC(c2ccc(Nc3ncc(F)c(-c4cc(F)c5c(=O)cc6[nH]ccn6c5c4)n3)cn2)CC1. The number of likely N-dealkylation sites (tertiary alicyclic amines) is 1. The van der Waals surface area contributed by atoms with Crippen molar-refractivity contribution in [3.8, 4) is 11.3 Å². The number of fused-ring (bicyclic) bond motifs is 3. The molecule has 5 heterocycles. The molecule has 0 aliphatic carbocycles. The Bertz CT molecular complexity index is 1640. The number of H-pyrrole nitrogens is 1. The van der Waals surface area contributed by atoms with Crippen LogP contribution in [-0.4, -0.2) is 49.4 Å². The Labute approximate surface area is 204 Å². The monoisotopic (exact) mass is 487 g/mol. The molecule has 4 aromatic heterocycles. The molecule has 1 aromatic carbocycles. The number of rotatable bonds is 4. The lowest BCUT2D eigenvalue weighted by molar-refractivity contribution is 0.253. The van der Waals surface area contributed by atoms with Gasteiger partial charge in [0.15, 0.2) is 11.2 Å². The number of aromatic nitrogens is 5. The quantitative estimate of drug-likeness (QED) is 0.389. The molecule has 5 aromatic rings. The van der Waals surface area contributed by atoms with E-state index in [4.69, 9.17) is 0 Å². The van der Waals surface area contributed by atoms with Crippen molar-refractivity contribution >= 4 is 28.2 Å². The molecule has 36 heavy (non-hydrogen) atoms. The van der Waals surface area contributed by atoms with Crippen LogP contribution in [0, 0.1) is 11.6 Å². The average Bonchev–Trinajstić information content (AvgIpc) is 3.34. The number of piperidine rings is 1. The highest BCUT2D eigenvalue weighted by molar-refractivity contribution is 5.87. The van der Waals surface area contributed by atoms with Gasteiger partial charge in [-0.05, 0) is 57.2 Å². The first-order chi connectivity index (χ1) is 17.5. The smallest absolute Gasteiger partial charge is 0.227 e. The molecule has 2 N–H and O–H groups in total. The molecule has 1 aliphatic rings. The standard InChI is InChI=1S/C26H23F2N7O/c1-34-7-4-15(5-8-34)20-3-2-17(13-30-20)32-26-31-14-19(28)25(33-26)16-10-18(27)24-21(11-16)35-9-6-29-23(35)12-22(24)36/h2-3,6,9-15,29H,4-5,7-8H2,1H3,(H,31,32,33). The Morgan fingerprint density at radius 3 is 2.67 bits per heavy atom. The predicted molar refractivity (Wildman–Crippen MR) is 133 cm³/mol. The van der Waals surface area contributed by atoms with Crippen LogP contribution in [0.15, 0.2) is 59.9 Å². The van der Waals surface area contributed by atoms with Crippen molar-refractivity contribution < 1.29 is 8.78 Å². The van der Waals surface area contributed by atoms with E-state index >= 15 is 4.39 Å². The maximum absolute atomic E-state index is 15.0. The van der Waals surface area contributed by atoms with Gasteiger partial charge in [0.2, 0.25) is 5.95 Å². The van der Waals surface area contributed by atoms with Crippen LogP contribution in [0.2, 0.25) is 0 Å². The van der Waals surface area contributed by atoms with Gasteiger partial charge in [-0.2, -0.15) is 0 Å². The van der Waals surface area contributed by atoms with E-state index in [0.717, 1.165) is 43.9 Å². The number of hydrogen-bond acceptors (Lipinski definition) is 6. The number of nitrogens with one attached hydrogen (secondary N) is 2. The molecule has 0 amide bonds. The Morgan fingerprint density at radius 2 is 1.89 bits per heavy atom. The molecule has 1 saturated heterocycles. The summed E-state index contributed by atoms with van der Waals surface area (Å²) in [6, 6.07) is 7.88. The van der Waals surface area contributed by atoms with Crippen molar-refractivity contribution in [3.63, 3.8) is 0 Å². The van der Waals surface area contributed by atoms with Crippen LogP contribution in [0.1, 0.15) is 24.5 Å². The Hall–Kier alpha value is -4.18. The average molecular weight is 488 g/mol. The van der Waals surface area contributed by atoms with Crippen LogP contribution in [0.3, 0.4) is 0 Å². The third-order valence-electron chi connectivity index (χ3n) is 6.75. The molecule has 0 bridgehead atoms. The fourth-order valence-corrected chi connectivity index (χ4v) is 4.81. The molecule has 0 unspecified atom stereocenters. The zero-order chi connectivity index (χ0) is 24.8. The van der Waals surface area contributed by atoms with Crippen molar-refractivity contribution in [2.45, 2.75) is 18.8 Å². The van der Waals surface area contributed by atoms with E-state index in [9.17, 15) is 9.18 Å². The molecule has 6 rings (SSSR count). The minimum Gasteiger partial charge on any atom is -0.346 e. The minimum atomic E-state index is -0.746. The molecule has 10 heteroatoms. The van der Waals surface area contributed by atoms with Crippen LogP contribution in [0.5, 0.6) is 0 Å². The van der Waals surface area contributed by atoms with Crippen molar-refractivity contribution in [2.24, 2.45) is 0 Å². The Kier molecular flexibility index (Phi) is 5.45. The normalized spacial score (nSPS) is 15.1. The third-order valence-corrected chi connectivity index (χ3v) is 6.75. The Morgan fingerprint density at radius 1 is 1.06 bits per heavy atom. The number of anilines is 2. The molecular formula is C26H23F2N7O. The lowest BCUT2D eigenvalue weighted by Crippen LogP contribution is -2.29. The van der Waals surface area contributed by atoms with Gasteiger partial charge in [0.25, 0.3) is 0 Å². The summed E-state index contributed by atoms with van der Waals surface area (Å²) in [5, 5.41) is 2.98. The van der Waals surface area contributed by atoms with Gasteiger partial charge in [-0.25, -0.2) is 18.7 Å². The van der Waals surface area contributed by atoms with Gasteiger partial charge in [-0.15, -0.1) is 0 Å². The van der Waals surface area contributed by atoms with Crippen molar-refractivity contribution in [3.05, 3.63) is 82.7 Å². The number of nitrogens with zero attached hydrogens (tertiary/aromatic N) is 5. The summed E-state index contributed by atoms with van der Waals surface area (Å²) in [4.78, 5) is 30.6. The van der Waals surface area contributed by atoms with Gasteiger partial charge in [-0.3, -0.25) is 9.78 Å². The lowest BCUT2D eigenvalue weighted by atomic mass is 9.93. The second-order valence-electron chi connectivity index (χ2n) is 9.14. The van der Waals surface area contributed by atoms with Gasteiger partial charge in [0, 0.05) is 35.6 Å². The molecule has 0 spiro atoms. The minimum absolute atomic E-state index is 0.0700. The predicted octanol–water partition coefficient (Wildman–Crippen LogP) is 4.46. The van der Waals surface area contributed by atoms with Crippen LogP contribution in [0.25, 0.3) is 27.8 Å². The Balaban J connectivity index is 1.32. The van der Waals surface area contributed by atoms with E-state index in [1.807, 2.05) is 12.1 Å². The highest BCUT2D eigenvalue weighted by atomic mass is 19.1. The summed E-state index contributed by atoms with van der Waals surface area (Å²) in [6.07, 6.45) is 8.21. The molecule has 0 saturated carbocycles. The van der Waals surface area contributed by atoms with Crippen molar-refractivity contribution in [1.82, 2.24) is 29.2 Å². The summed E-state index contributed by atoms with van der Waals surface area (Å²) in [5.74, 6) is -0.864. The molecular weight excluding hydrogens is 464 g/mol. The third kappa shape index (κ3) is 3.99. The van der Waals surface area contributed by atoms with Gasteiger partial charge < -0.3 is 19.6 Å². The largest absolute Gasteiger partial charge is 0.346 e. The van der Waals surface area contributed by atoms with Gasteiger partial charge >= 0.3 is 0 Å². The lowest BCUT2D eigenvalue weighted by Gasteiger charge is -2.28. The summed E-state index contributed by atoms with van der Waals surface area (Å²) in [5.41, 5.74) is 2.19. The molecule has 182 valence electrons. The molecule has 0 atom stereocenters. The van der Waals surface area contributed by atoms with Crippen LogP contribution >= 0.6 is 0 Å². The summed E-state index contributed by atoms with van der Waals surface area (Å²) < 4.78 is 31.4. The van der Waals surface area contributed by atoms with E-state index in [2.05, 4.69) is 37.2 Å². The number of aromatic amines is 1. The van der Waals surface area contributed by atoms with E-state index in [-0.39, 0.29) is 22.6 Å². The number of benzene rings is 1. The molecule has 0 radical (unpaired) electrons. The molecule has 8 nitrogen and oxygen atoms in total. The topological polar surface area (TPSA) is 91.2 Å². The maximum Gasteiger partial charge on any atom is 0.227 e. The molecule has 1 fully saturated rings. The number of hydrogen-bond donors (Lipinski definition) is 2.